The minimum absolute atomic E-state index is 0.101. The Bertz CT molecular complexity index is 550. The van der Waals surface area contributed by atoms with Gasteiger partial charge in [0.25, 0.3) is 5.91 Å². The number of aromatic amines is 1. The van der Waals surface area contributed by atoms with Gasteiger partial charge in [-0.2, -0.15) is 0 Å². The fraction of sp³-hybridized carbons (Fsp3) is 0. The molecule has 0 saturated carbocycles. The Morgan fingerprint density at radius 3 is 2.53 bits per heavy atom. The summed E-state index contributed by atoms with van der Waals surface area (Å²) in [6.45, 7) is 0. The molecule has 0 aliphatic carbocycles. The molecule has 1 amide bonds. The number of amides is 1. The lowest BCUT2D eigenvalue weighted by Crippen LogP contribution is -2.13. The maximum absolute atomic E-state index is 11.7. The Balaban J connectivity index is 2.20. The van der Waals surface area contributed by atoms with Crippen LogP contribution in [0.2, 0.25) is 15.3 Å². The van der Waals surface area contributed by atoms with Crippen LogP contribution in [0.3, 0.4) is 0 Å². The summed E-state index contributed by atoms with van der Waals surface area (Å²) in [6, 6.07) is 1.41. The van der Waals surface area contributed by atoms with Gasteiger partial charge in [0.05, 0.1) is 5.02 Å². The van der Waals surface area contributed by atoms with Gasteiger partial charge in [0.1, 0.15) is 10.8 Å². The molecule has 0 aromatic carbocycles. The topological polar surface area (TPSA) is 70.7 Å². The molecule has 2 heterocycles. The van der Waals surface area contributed by atoms with E-state index in [0.29, 0.717) is 0 Å². The van der Waals surface area contributed by atoms with Gasteiger partial charge in [0, 0.05) is 12.4 Å². The quantitative estimate of drug-likeness (QED) is 0.893. The fourth-order valence-electron chi connectivity index (χ4n) is 1.11. The molecule has 0 radical (unpaired) electrons. The molecule has 88 valence electrons. The van der Waals surface area contributed by atoms with Gasteiger partial charge in [-0.25, -0.2) is 9.97 Å². The number of aromatic nitrogens is 3. The SMILES string of the molecule is O=C(Nc1nccnc1Cl)c1cc(Cl)c(Cl)[nH]1. The van der Waals surface area contributed by atoms with E-state index in [0.717, 1.165) is 0 Å². The number of rotatable bonds is 2. The van der Waals surface area contributed by atoms with Crippen molar-refractivity contribution in [1.29, 1.82) is 0 Å². The second-order valence-corrected chi connectivity index (χ2v) is 4.14. The number of hydrogen-bond donors (Lipinski definition) is 2. The van der Waals surface area contributed by atoms with E-state index in [1.165, 1.54) is 18.5 Å². The molecule has 0 fully saturated rings. The first-order chi connectivity index (χ1) is 8.08. The fourth-order valence-corrected chi connectivity index (χ4v) is 1.57. The van der Waals surface area contributed by atoms with E-state index < -0.39 is 5.91 Å². The van der Waals surface area contributed by atoms with Crippen molar-refractivity contribution in [3.63, 3.8) is 0 Å². The van der Waals surface area contributed by atoms with Crippen LogP contribution < -0.4 is 5.32 Å². The predicted molar refractivity (Wildman–Crippen MR) is 65.8 cm³/mol. The van der Waals surface area contributed by atoms with Gasteiger partial charge in [-0.1, -0.05) is 34.8 Å². The third-order valence-corrected chi connectivity index (χ3v) is 2.82. The van der Waals surface area contributed by atoms with E-state index in [4.69, 9.17) is 34.8 Å². The third-order valence-electron chi connectivity index (χ3n) is 1.86. The minimum atomic E-state index is -0.457. The highest BCUT2D eigenvalue weighted by Gasteiger charge is 2.13. The van der Waals surface area contributed by atoms with E-state index in [-0.39, 0.29) is 26.8 Å². The van der Waals surface area contributed by atoms with E-state index in [9.17, 15) is 4.79 Å². The number of anilines is 1. The van der Waals surface area contributed by atoms with Crippen LogP contribution in [0.4, 0.5) is 5.82 Å². The lowest BCUT2D eigenvalue weighted by Gasteiger charge is -2.03. The van der Waals surface area contributed by atoms with Crippen LogP contribution in [0.1, 0.15) is 10.5 Å². The van der Waals surface area contributed by atoms with E-state index >= 15 is 0 Å². The number of nitrogens with one attached hydrogen (secondary N) is 2. The molecule has 0 spiro atoms. The molecule has 0 saturated heterocycles. The molecule has 0 aliphatic heterocycles. The van der Waals surface area contributed by atoms with Crippen LogP contribution in [-0.4, -0.2) is 20.9 Å². The zero-order chi connectivity index (χ0) is 12.4. The number of carbonyl (C=O) groups excluding carboxylic acids is 1. The van der Waals surface area contributed by atoms with Crippen molar-refractivity contribution in [1.82, 2.24) is 15.0 Å². The molecule has 5 nitrogen and oxygen atoms in total. The minimum Gasteiger partial charge on any atom is -0.340 e. The molecule has 2 N–H and O–H groups in total. The first-order valence-electron chi connectivity index (χ1n) is 4.40. The second-order valence-electron chi connectivity index (χ2n) is 2.99. The molecule has 17 heavy (non-hydrogen) atoms. The zero-order valence-electron chi connectivity index (χ0n) is 8.17. The Hall–Kier alpha value is -1.30. The average Bonchev–Trinajstić information content (AvgIpc) is 2.63. The summed E-state index contributed by atoms with van der Waals surface area (Å²) in [6.07, 6.45) is 2.83. The standard InChI is InChI=1S/C9H5Cl3N4O/c10-4-3-5(15-6(4)11)9(17)16-8-7(12)13-1-2-14-8/h1-3,15H,(H,14,16,17). The van der Waals surface area contributed by atoms with Gasteiger partial charge in [-0.3, -0.25) is 4.79 Å². The lowest BCUT2D eigenvalue weighted by atomic mass is 10.4. The van der Waals surface area contributed by atoms with Crippen molar-refractivity contribution in [2.45, 2.75) is 0 Å². The molecule has 8 heteroatoms. The van der Waals surface area contributed by atoms with Crippen molar-refractivity contribution in [2.75, 3.05) is 5.32 Å². The predicted octanol–water partition coefficient (Wildman–Crippen LogP) is 3.02. The molecular formula is C9H5Cl3N4O. The summed E-state index contributed by atoms with van der Waals surface area (Å²) in [4.78, 5) is 22.0. The highest BCUT2D eigenvalue weighted by molar-refractivity contribution is 6.41. The Morgan fingerprint density at radius 1 is 1.24 bits per heavy atom. The number of H-pyrrole nitrogens is 1. The van der Waals surface area contributed by atoms with Crippen LogP contribution in [0.5, 0.6) is 0 Å². The van der Waals surface area contributed by atoms with Crippen LogP contribution in [0.25, 0.3) is 0 Å². The van der Waals surface area contributed by atoms with Gasteiger partial charge in [0.15, 0.2) is 11.0 Å². The van der Waals surface area contributed by atoms with Crippen molar-refractivity contribution in [3.05, 3.63) is 39.5 Å². The first kappa shape index (κ1) is 12.2. The van der Waals surface area contributed by atoms with Gasteiger partial charge in [0.2, 0.25) is 0 Å². The number of carbonyl (C=O) groups is 1. The summed E-state index contributed by atoms with van der Waals surface area (Å²) in [5.41, 5.74) is 0.210. The second kappa shape index (κ2) is 4.91. The first-order valence-corrected chi connectivity index (χ1v) is 5.53. The van der Waals surface area contributed by atoms with E-state index in [1.807, 2.05) is 0 Å². The highest BCUT2D eigenvalue weighted by Crippen LogP contribution is 2.23. The van der Waals surface area contributed by atoms with Crippen LogP contribution >= 0.6 is 34.8 Å². The summed E-state index contributed by atoms with van der Waals surface area (Å²) < 4.78 is 0. The maximum atomic E-state index is 11.7. The van der Waals surface area contributed by atoms with Crippen molar-refractivity contribution >= 4 is 46.5 Å². The Morgan fingerprint density at radius 2 is 1.94 bits per heavy atom. The van der Waals surface area contributed by atoms with Gasteiger partial charge in [-0.05, 0) is 6.07 Å². The van der Waals surface area contributed by atoms with E-state index in [1.54, 1.807) is 0 Å². The monoisotopic (exact) mass is 290 g/mol. The molecule has 0 aliphatic rings. The summed E-state index contributed by atoms with van der Waals surface area (Å²) in [5, 5.41) is 3.04. The number of nitrogens with zero attached hydrogens (tertiary/aromatic N) is 2. The molecular weight excluding hydrogens is 286 g/mol. The lowest BCUT2D eigenvalue weighted by molar-refractivity contribution is 0.102. The largest absolute Gasteiger partial charge is 0.340 e. The van der Waals surface area contributed by atoms with Crippen LogP contribution in [0.15, 0.2) is 18.5 Å². The highest BCUT2D eigenvalue weighted by atomic mass is 35.5. The summed E-state index contributed by atoms with van der Waals surface area (Å²) in [7, 11) is 0. The molecule has 0 bridgehead atoms. The van der Waals surface area contributed by atoms with Crippen molar-refractivity contribution in [2.24, 2.45) is 0 Å². The average molecular weight is 292 g/mol. The maximum Gasteiger partial charge on any atom is 0.273 e. The molecule has 2 aromatic rings. The molecule has 2 rings (SSSR count). The van der Waals surface area contributed by atoms with Gasteiger partial charge < -0.3 is 10.3 Å². The smallest absolute Gasteiger partial charge is 0.273 e. The third kappa shape index (κ3) is 2.69. The van der Waals surface area contributed by atoms with E-state index in [2.05, 4.69) is 20.3 Å². The summed E-state index contributed by atoms with van der Waals surface area (Å²) in [5.74, 6) is -0.290. The number of halogens is 3. The van der Waals surface area contributed by atoms with Crippen molar-refractivity contribution in [3.8, 4) is 0 Å². The van der Waals surface area contributed by atoms with Gasteiger partial charge in [-0.15, -0.1) is 0 Å². The van der Waals surface area contributed by atoms with Gasteiger partial charge >= 0.3 is 0 Å². The molecule has 0 atom stereocenters. The van der Waals surface area contributed by atoms with Crippen molar-refractivity contribution < 1.29 is 4.79 Å². The summed E-state index contributed by atoms with van der Waals surface area (Å²) >= 11 is 17.1. The van der Waals surface area contributed by atoms with Crippen LogP contribution in [-0.2, 0) is 0 Å². The molecule has 2 aromatic heterocycles. The zero-order valence-corrected chi connectivity index (χ0v) is 10.4. The Labute approximate surface area is 111 Å². The number of hydrogen-bond acceptors (Lipinski definition) is 3. The molecule has 0 unspecified atom stereocenters. The normalized spacial score (nSPS) is 10.3. The Kier molecular flexibility index (Phi) is 3.51. The van der Waals surface area contributed by atoms with Crippen LogP contribution in [0, 0.1) is 0 Å².